The maximum atomic E-state index is 9.64. The van der Waals surface area contributed by atoms with Crippen LogP contribution in [0.25, 0.3) is 0 Å². The van der Waals surface area contributed by atoms with Gasteiger partial charge in [0.1, 0.15) is 0 Å². The van der Waals surface area contributed by atoms with Crippen molar-refractivity contribution in [2.24, 2.45) is 0 Å². The first-order valence-electron chi connectivity index (χ1n) is 5.45. The number of phenols is 1. The Kier molecular flexibility index (Phi) is 5.63. The van der Waals surface area contributed by atoms with Crippen LogP contribution in [0.3, 0.4) is 0 Å². The molecule has 3 nitrogen and oxygen atoms in total. The van der Waals surface area contributed by atoms with Crippen molar-refractivity contribution in [2.75, 3.05) is 20.2 Å². The molecule has 0 saturated carbocycles. The zero-order chi connectivity index (χ0) is 12.0. The third-order valence-electron chi connectivity index (χ3n) is 2.33. The van der Waals surface area contributed by atoms with E-state index >= 15 is 0 Å². The van der Waals surface area contributed by atoms with Gasteiger partial charge >= 0.3 is 0 Å². The van der Waals surface area contributed by atoms with Gasteiger partial charge in [0.05, 0.1) is 11.6 Å². The van der Waals surface area contributed by atoms with Crippen LogP contribution in [0.5, 0.6) is 11.5 Å². The Balaban J connectivity index is 2.63. The highest BCUT2D eigenvalue weighted by Crippen LogP contribution is 2.35. The number of methoxy groups -OCH3 is 1. The van der Waals surface area contributed by atoms with Gasteiger partial charge in [0.2, 0.25) is 0 Å². The number of aromatic hydroxyl groups is 1. The summed E-state index contributed by atoms with van der Waals surface area (Å²) in [7, 11) is 1.56. The van der Waals surface area contributed by atoms with Gasteiger partial charge < -0.3 is 15.2 Å². The fraction of sp³-hybridized carbons (Fsp3) is 0.500. The Hall–Kier alpha value is -0.740. The number of hydrogen-bond acceptors (Lipinski definition) is 3. The Morgan fingerprint density at radius 3 is 2.75 bits per heavy atom. The molecule has 1 aromatic carbocycles. The van der Waals surface area contributed by atoms with Gasteiger partial charge in [-0.15, -0.1) is 0 Å². The molecule has 4 heteroatoms. The predicted octanol–water partition coefficient (Wildman–Crippen LogP) is 2.71. The van der Waals surface area contributed by atoms with Gasteiger partial charge in [-0.3, -0.25) is 0 Å². The molecule has 0 bridgehead atoms. The average Bonchev–Trinajstić information content (AvgIpc) is 2.29. The van der Waals surface area contributed by atoms with Crippen molar-refractivity contribution in [1.82, 2.24) is 5.32 Å². The molecular weight excluding hydrogens is 270 g/mol. The van der Waals surface area contributed by atoms with Crippen molar-refractivity contribution >= 4 is 15.9 Å². The largest absolute Gasteiger partial charge is 0.503 e. The molecule has 0 aliphatic heterocycles. The summed E-state index contributed by atoms with van der Waals surface area (Å²) in [5.41, 5.74) is 1.14. The lowest BCUT2D eigenvalue weighted by Gasteiger charge is -2.09. The highest BCUT2D eigenvalue weighted by molar-refractivity contribution is 9.10. The van der Waals surface area contributed by atoms with E-state index in [-0.39, 0.29) is 5.75 Å². The molecule has 0 saturated heterocycles. The van der Waals surface area contributed by atoms with Crippen LogP contribution in [0.2, 0.25) is 0 Å². The normalized spacial score (nSPS) is 10.4. The lowest BCUT2D eigenvalue weighted by molar-refractivity contribution is 0.371. The number of rotatable bonds is 6. The SMILES string of the molecule is CCCNCCc1cc(Br)c(O)c(OC)c1. The molecule has 0 aromatic heterocycles. The first kappa shape index (κ1) is 13.3. The molecular formula is C12H18BrNO2. The first-order chi connectivity index (χ1) is 7.69. The van der Waals surface area contributed by atoms with Crippen molar-refractivity contribution in [2.45, 2.75) is 19.8 Å². The van der Waals surface area contributed by atoms with Gasteiger partial charge in [0.15, 0.2) is 11.5 Å². The van der Waals surface area contributed by atoms with E-state index in [1.165, 1.54) is 0 Å². The summed E-state index contributed by atoms with van der Waals surface area (Å²) in [6.45, 7) is 4.12. The number of ether oxygens (including phenoxy) is 1. The second-order valence-electron chi connectivity index (χ2n) is 3.63. The minimum atomic E-state index is 0.160. The molecule has 1 aromatic rings. The van der Waals surface area contributed by atoms with Crippen LogP contribution >= 0.6 is 15.9 Å². The summed E-state index contributed by atoms with van der Waals surface area (Å²) in [6, 6.07) is 3.79. The molecule has 0 atom stereocenters. The van der Waals surface area contributed by atoms with E-state index in [2.05, 4.69) is 28.2 Å². The van der Waals surface area contributed by atoms with Gasteiger partial charge in [0, 0.05) is 0 Å². The molecule has 16 heavy (non-hydrogen) atoms. The quantitative estimate of drug-likeness (QED) is 0.791. The minimum Gasteiger partial charge on any atom is -0.503 e. The van der Waals surface area contributed by atoms with E-state index < -0.39 is 0 Å². The fourth-order valence-electron chi connectivity index (χ4n) is 1.46. The molecule has 0 unspecified atom stereocenters. The van der Waals surface area contributed by atoms with Crippen molar-refractivity contribution in [3.05, 3.63) is 22.2 Å². The maximum Gasteiger partial charge on any atom is 0.172 e. The number of phenolic OH excluding ortho intramolecular Hbond substituents is 1. The summed E-state index contributed by atoms with van der Waals surface area (Å²) in [5.74, 6) is 0.674. The van der Waals surface area contributed by atoms with E-state index in [9.17, 15) is 5.11 Å². The minimum absolute atomic E-state index is 0.160. The molecule has 0 aliphatic carbocycles. The van der Waals surface area contributed by atoms with Crippen LogP contribution in [0.1, 0.15) is 18.9 Å². The molecule has 0 fully saturated rings. The Morgan fingerprint density at radius 2 is 2.12 bits per heavy atom. The van der Waals surface area contributed by atoms with E-state index in [1.807, 2.05) is 12.1 Å². The fourth-order valence-corrected chi connectivity index (χ4v) is 1.95. The number of benzene rings is 1. The molecule has 0 aliphatic rings. The standard InChI is InChI=1S/C12H18BrNO2/c1-3-5-14-6-4-9-7-10(13)12(15)11(8-9)16-2/h7-8,14-15H,3-6H2,1-2H3. The number of hydrogen-bond donors (Lipinski definition) is 2. The topological polar surface area (TPSA) is 41.5 Å². The highest BCUT2D eigenvalue weighted by atomic mass is 79.9. The molecule has 2 N–H and O–H groups in total. The van der Waals surface area contributed by atoms with E-state index in [1.54, 1.807) is 7.11 Å². The Labute approximate surface area is 105 Å². The molecule has 0 radical (unpaired) electrons. The smallest absolute Gasteiger partial charge is 0.172 e. The summed E-state index contributed by atoms with van der Waals surface area (Å²) in [5, 5.41) is 13.0. The monoisotopic (exact) mass is 287 g/mol. The Bertz CT molecular complexity index is 342. The summed E-state index contributed by atoms with van der Waals surface area (Å²) in [4.78, 5) is 0. The lowest BCUT2D eigenvalue weighted by Crippen LogP contribution is -2.17. The van der Waals surface area contributed by atoms with Crippen LogP contribution in [0.15, 0.2) is 16.6 Å². The second kappa shape index (κ2) is 6.76. The second-order valence-corrected chi connectivity index (χ2v) is 4.48. The van der Waals surface area contributed by atoms with Crippen molar-refractivity contribution in [3.8, 4) is 11.5 Å². The van der Waals surface area contributed by atoms with Gasteiger partial charge in [-0.25, -0.2) is 0 Å². The third-order valence-corrected chi connectivity index (χ3v) is 2.93. The van der Waals surface area contributed by atoms with Gasteiger partial charge in [-0.05, 0) is 59.6 Å². The molecule has 0 spiro atoms. The Morgan fingerprint density at radius 1 is 1.38 bits per heavy atom. The van der Waals surface area contributed by atoms with Crippen molar-refractivity contribution < 1.29 is 9.84 Å². The van der Waals surface area contributed by atoms with Crippen LogP contribution in [0.4, 0.5) is 0 Å². The van der Waals surface area contributed by atoms with Gasteiger partial charge in [0.25, 0.3) is 0 Å². The predicted molar refractivity (Wildman–Crippen MR) is 69.2 cm³/mol. The van der Waals surface area contributed by atoms with Crippen molar-refractivity contribution in [3.63, 3.8) is 0 Å². The summed E-state index contributed by atoms with van der Waals surface area (Å²) in [6.07, 6.45) is 2.07. The third kappa shape index (κ3) is 3.68. The van der Waals surface area contributed by atoms with Gasteiger partial charge in [-0.2, -0.15) is 0 Å². The van der Waals surface area contributed by atoms with E-state index in [4.69, 9.17) is 4.74 Å². The van der Waals surface area contributed by atoms with E-state index in [0.29, 0.717) is 10.2 Å². The zero-order valence-electron chi connectivity index (χ0n) is 9.72. The first-order valence-corrected chi connectivity index (χ1v) is 6.24. The molecule has 0 amide bonds. The van der Waals surface area contributed by atoms with Crippen LogP contribution in [-0.4, -0.2) is 25.3 Å². The van der Waals surface area contributed by atoms with E-state index in [0.717, 1.165) is 31.5 Å². The maximum absolute atomic E-state index is 9.64. The zero-order valence-corrected chi connectivity index (χ0v) is 11.3. The van der Waals surface area contributed by atoms with Crippen LogP contribution in [0, 0.1) is 0 Å². The van der Waals surface area contributed by atoms with Crippen molar-refractivity contribution in [1.29, 1.82) is 0 Å². The molecule has 1 rings (SSSR count). The highest BCUT2D eigenvalue weighted by Gasteiger charge is 2.07. The van der Waals surface area contributed by atoms with Crippen LogP contribution < -0.4 is 10.1 Å². The lowest BCUT2D eigenvalue weighted by atomic mass is 10.1. The van der Waals surface area contributed by atoms with Gasteiger partial charge in [-0.1, -0.05) is 6.92 Å². The molecule has 0 heterocycles. The summed E-state index contributed by atoms with van der Waals surface area (Å²) >= 11 is 3.31. The molecule has 90 valence electrons. The van der Waals surface area contributed by atoms with Crippen LogP contribution in [-0.2, 0) is 6.42 Å². The average molecular weight is 288 g/mol. The number of nitrogens with one attached hydrogen (secondary N) is 1. The summed E-state index contributed by atoms with van der Waals surface area (Å²) < 4.78 is 5.77. The number of halogens is 1.